The van der Waals surface area contributed by atoms with Crippen LogP contribution in [0.2, 0.25) is 0 Å². The van der Waals surface area contributed by atoms with Crippen LogP contribution in [-0.2, 0) is 13.5 Å². The Hall–Kier alpha value is -2.20. The van der Waals surface area contributed by atoms with E-state index in [0.717, 1.165) is 22.6 Å². The maximum Gasteiger partial charge on any atom is 0.112 e. The molecule has 0 aliphatic rings. The normalized spacial score (nSPS) is 12.8. The monoisotopic (exact) mass is 267 g/mol. The number of imidazole rings is 1. The fourth-order valence-corrected chi connectivity index (χ4v) is 2.41. The standard InChI is InChI=1S/C16H17N3O/c1-11-6-5-8-13(17-11)15(20)10-16-18-12-7-3-4-9-14(12)19(16)2/h3-9,15,20H,10H2,1-2H3. The molecular formula is C16H17N3O. The summed E-state index contributed by atoms with van der Waals surface area (Å²) in [4.78, 5) is 8.94. The van der Waals surface area contributed by atoms with E-state index in [-0.39, 0.29) is 0 Å². The second-order valence-corrected chi connectivity index (χ2v) is 5.00. The number of nitrogens with zero attached hydrogens (tertiary/aromatic N) is 3. The molecular weight excluding hydrogens is 250 g/mol. The molecule has 1 unspecified atom stereocenters. The number of hydrogen-bond acceptors (Lipinski definition) is 3. The number of hydrogen-bond donors (Lipinski definition) is 1. The number of pyridine rings is 1. The highest BCUT2D eigenvalue weighted by Crippen LogP contribution is 2.20. The van der Waals surface area contributed by atoms with Gasteiger partial charge in [0.05, 0.1) is 16.7 Å². The lowest BCUT2D eigenvalue weighted by molar-refractivity contribution is 0.170. The number of aromatic nitrogens is 3. The Kier molecular flexibility index (Phi) is 3.24. The highest BCUT2D eigenvalue weighted by Gasteiger charge is 2.15. The molecule has 0 amide bonds. The fourth-order valence-electron chi connectivity index (χ4n) is 2.41. The molecule has 0 spiro atoms. The number of aryl methyl sites for hydroxylation is 2. The maximum absolute atomic E-state index is 10.3. The Morgan fingerprint density at radius 2 is 1.90 bits per heavy atom. The van der Waals surface area contributed by atoms with Crippen molar-refractivity contribution in [3.63, 3.8) is 0 Å². The summed E-state index contributed by atoms with van der Waals surface area (Å²) < 4.78 is 2.02. The number of benzene rings is 1. The third kappa shape index (κ3) is 2.30. The Labute approximate surface area is 117 Å². The van der Waals surface area contributed by atoms with Crippen LogP contribution in [0.15, 0.2) is 42.5 Å². The molecule has 2 aromatic heterocycles. The molecule has 0 fully saturated rings. The summed E-state index contributed by atoms with van der Waals surface area (Å²) in [6, 6.07) is 13.7. The van der Waals surface area contributed by atoms with Crippen molar-refractivity contribution in [2.75, 3.05) is 0 Å². The van der Waals surface area contributed by atoms with Gasteiger partial charge in [-0.25, -0.2) is 4.98 Å². The average Bonchev–Trinajstić information content (AvgIpc) is 2.76. The van der Waals surface area contributed by atoms with Gasteiger partial charge in [-0.15, -0.1) is 0 Å². The molecule has 3 rings (SSSR count). The van der Waals surface area contributed by atoms with Crippen LogP contribution in [0.5, 0.6) is 0 Å². The van der Waals surface area contributed by atoms with Crippen molar-refractivity contribution in [2.24, 2.45) is 7.05 Å². The third-order valence-corrected chi connectivity index (χ3v) is 3.51. The minimum absolute atomic E-state index is 0.460. The van der Waals surface area contributed by atoms with E-state index in [1.54, 1.807) is 0 Å². The van der Waals surface area contributed by atoms with Gasteiger partial charge in [0.1, 0.15) is 11.9 Å². The highest BCUT2D eigenvalue weighted by molar-refractivity contribution is 5.75. The molecule has 0 aliphatic carbocycles. The van der Waals surface area contributed by atoms with Crippen LogP contribution in [0.1, 0.15) is 23.3 Å². The van der Waals surface area contributed by atoms with Crippen molar-refractivity contribution in [1.29, 1.82) is 0 Å². The summed E-state index contributed by atoms with van der Waals surface area (Å²) in [6.07, 6.45) is -0.174. The summed E-state index contributed by atoms with van der Waals surface area (Å²) >= 11 is 0. The van der Waals surface area contributed by atoms with E-state index in [1.165, 1.54) is 0 Å². The summed E-state index contributed by atoms with van der Waals surface area (Å²) in [6.45, 7) is 1.92. The third-order valence-electron chi connectivity index (χ3n) is 3.51. The van der Waals surface area contributed by atoms with Crippen LogP contribution >= 0.6 is 0 Å². The first-order chi connectivity index (χ1) is 9.65. The summed E-state index contributed by atoms with van der Waals surface area (Å²) in [5.41, 5.74) is 3.63. The first kappa shape index (κ1) is 12.8. The second-order valence-electron chi connectivity index (χ2n) is 5.00. The number of aliphatic hydroxyl groups excluding tert-OH is 1. The van der Waals surface area contributed by atoms with Crippen LogP contribution < -0.4 is 0 Å². The lowest BCUT2D eigenvalue weighted by Gasteiger charge is -2.10. The van der Waals surface area contributed by atoms with E-state index in [9.17, 15) is 5.11 Å². The topological polar surface area (TPSA) is 50.9 Å². The molecule has 0 aliphatic heterocycles. The first-order valence-electron chi connectivity index (χ1n) is 6.67. The van der Waals surface area contributed by atoms with Crippen molar-refractivity contribution >= 4 is 11.0 Å². The molecule has 1 aromatic carbocycles. The average molecular weight is 267 g/mol. The molecule has 4 heteroatoms. The summed E-state index contributed by atoms with van der Waals surface area (Å²) in [5.74, 6) is 0.863. The molecule has 0 radical (unpaired) electrons. The van der Waals surface area contributed by atoms with E-state index in [1.807, 2.05) is 61.0 Å². The van der Waals surface area contributed by atoms with Gasteiger partial charge in [0.2, 0.25) is 0 Å². The Balaban J connectivity index is 1.91. The van der Waals surface area contributed by atoms with Gasteiger partial charge in [-0.1, -0.05) is 18.2 Å². The number of fused-ring (bicyclic) bond motifs is 1. The lowest BCUT2D eigenvalue weighted by Crippen LogP contribution is -2.08. The van der Waals surface area contributed by atoms with Crippen molar-refractivity contribution in [1.82, 2.24) is 14.5 Å². The zero-order chi connectivity index (χ0) is 14.1. The summed E-state index contributed by atoms with van der Waals surface area (Å²) in [5, 5.41) is 10.3. The molecule has 3 aromatic rings. The predicted molar refractivity (Wildman–Crippen MR) is 78.4 cm³/mol. The largest absolute Gasteiger partial charge is 0.386 e. The van der Waals surface area contributed by atoms with Crippen LogP contribution in [0.25, 0.3) is 11.0 Å². The smallest absolute Gasteiger partial charge is 0.112 e. The Bertz CT molecular complexity index is 748. The molecule has 0 saturated carbocycles. The highest BCUT2D eigenvalue weighted by atomic mass is 16.3. The van der Waals surface area contributed by atoms with Crippen molar-refractivity contribution in [3.8, 4) is 0 Å². The first-order valence-corrected chi connectivity index (χ1v) is 6.67. The number of rotatable bonds is 3. The molecule has 2 heterocycles. The molecule has 1 atom stereocenters. The van der Waals surface area contributed by atoms with Gasteiger partial charge in [-0.2, -0.15) is 0 Å². The SMILES string of the molecule is Cc1cccc(C(O)Cc2nc3ccccc3n2C)n1. The molecule has 102 valence electrons. The van der Waals surface area contributed by atoms with Crippen LogP contribution in [0, 0.1) is 6.92 Å². The molecule has 20 heavy (non-hydrogen) atoms. The van der Waals surface area contributed by atoms with Gasteiger partial charge >= 0.3 is 0 Å². The van der Waals surface area contributed by atoms with Gasteiger partial charge in [0, 0.05) is 19.2 Å². The predicted octanol–water partition coefficient (Wildman–Crippen LogP) is 2.55. The zero-order valence-corrected chi connectivity index (χ0v) is 11.6. The van der Waals surface area contributed by atoms with Gasteiger partial charge in [0.15, 0.2) is 0 Å². The van der Waals surface area contributed by atoms with E-state index >= 15 is 0 Å². The van der Waals surface area contributed by atoms with Gasteiger partial charge in [0.25, 0.3) is 0 Å². The molecule has 4 nitrogen and oxygen atoms in total. The minimum atomic E-state index is -0.634. The van der Waals surface area contributed by atoms with E-state index < -0.39 is 6.10 Å². The lowest BCUT2D eigenvalue weighted by atomic mass is 10.1. The zero-order valence-electron chi connectivity index (χ0n) is 11.6. The van der Waals surface area contributed by atoms with Crippen molar-refractivity contribution in [3.05, 3.63) is 59.7 Å². The molecule has 0 bridgehead atoms. The van der Waals surface area contributed by atoms with Gasteiger partial charge in [-0.05, 0) is 31.2 Å². The van der Waals surface area contributed by atoms with Crippen LogP contribution in [-0.4, -0.2) is 19.6 Å². The number of aliphatic hydroxyl groups is 1. The summed E-state index contributed by atoms with van der Waals surface area (Å²) in [7, 11) is 1.97. The maximum atomic E-state index is 10.3. The Morgan fingerprint density at radius 3 is 2.65 bits per heavy atom. The van der Waals surface area contributed by atoms with E-state index in [4.69, 9.17) is 0 Å². The quantitative estimate of drug-likeness (QED) is 0.793. The molecule has 1 N–H and O–H groups in total. The van der Waals surface area contributed by atoms with Crippen LogP contribution in [0.4, 0.5) is 0 Å². The van der Waals surface area contributed by atoms with Crippen molar-refractivity contribution in [2.45, 2.75) is 19.4 Å². The molecule has 0 saturated heterocycles. The van der Waals surface area contributed by atoms with Crippen molar-refractivity contribution < 1.29 is 5.11 Å². The number of para-hydroxylation sites is 2. The van der Waals surface area contributed by atoms with Crippen LogP contribution in [0.3, 0.4) is 0 Å². The van der Waals surface area contributed by atoms with E-state index in [2.05, 4.69) is 9.97 Å². The minimum Gasteiger partial charge on any atom is -0.386 e. The van der Waals surface area contributed by atoms with Gasteiger partial charge < -0.3 is 9.67 Å². The fraction of sp³-hybridized carbons (Fsp3) is 0.250. The Morgan fingerprint density at radius 1 is 1.10 bits per heavy atom. The second kappa shape index (κ2) is 5.06. The van der Waals surface area contributed by atoms with Gasteiger partial charge in [-0.3, -0.25) is 4.98 Å². The van der Waals surface area contributed by atoms with E-state index in [0.29, 0.717) is 12.1 Å².